The predicted molar refractivity (Wildman–Crippen MR) is 73.6 cm³/mol. The van der Waals surface area contributed by atoms with E-state index in [4.69, 9.17) is 17.3 Å². The summed E-state index contributed by atoms with van der Waals surface area (Å²) in [6, 6.07) is 8.32. The Bertz CT molecular complexity index is 644. The number of halogens is 1. The van der Waals surface area contributed by atoms with Crippen molar-refractivity contribution in [1.82, 2.24) is 0 Å². The van der Waals surface area contributed by atoms with Crippen molar-refractivity contribution in [2.45, 2.75) is 0 Å². The molecule has 2 aromatic rings. The maximum atomic E-state index is 11.9. The van der Waals surface area contributed by atoms with E-state index in [1.165, 1.54) is 24.3 Å². The Morgan fingerprint density at radius 1 is 1.16 bits per heavy atom. The average Bonchev–Trinajstić information content (AvgIpc) is 2.36. The van der Waals surface area contributed by atoms with Gasteiger partial charge in [-0.2, -0.15) is 0 Å². The first-order chi connectivity index (χ1) is 8.97. The highest BCUT2D eigenvalue weighted by atomic mass is 35.5. The molecule has 0 unspecified atom stereocenters. The molecule has 1 amide bonds. The van der Waals surface area contributed by atoms with Gasteiger partial charge in [0, 0.05) is 5.69 Å². The van der Waals surface area contributed by atoms with Crippen molar-refractivity contribution in [1.29, 1.82) is 0 Å². The van der Waals surface area contributed by atoms with Crippen LogP contribution in [0.1, 0.15) is 10.4 Å². The van der Waals surface area contributed by atoms with Crippen LogP contribution in [0.4, 0.5) is 11.4 Å². The number of nitrogen functional groups attached to an aromatic ring is 1. The molecule has 98 valence electrons. The molecular formula is C13H11ClN2O3. The van der Waals surface area contributed by atoms with E-state index in [-0.39, 0.29) is 17.1 Å². The van der Waals surface area contributed by atoms with Crippen LogP contribution in [-0.4, -0.2) is 16.1 Å². The summed E-state index contributed by atoms with van der Waals surface area (Å²) in [6.45, 7) is 0. The Morgan fingerprint density at radius 3 is 2.58 bits per heavy atom. The van der Waals surface area contributed by atoms with Crippen molar-refractivity contribution in [2.24, 2.45) is 0 Å². The van der Waals surface area contributed by atoms with Crippen molar-refractivity contribution in [3.05, 3.63) is 47.0 Å². The topological polar surface area (TPSA) is 95.6 Å². The van der Waals surface area contributed by atoms with Crippen molar-refractivity contribution in [2.75, 3.05) is 11.1 Å². The summed E-state index contributed by atoms with van der Waals surface area (Å²) in [5, 5.41) is 21.8. The number of nitrogens with one attached hydrogen (secondary N) is 1. The molecule has 0 aliphatic rings. The van der Waals surface area contributed by atoms with Crippen LogP contribution in [0.15, 0.2) is 36.4 Å². The van der Waals surface area contributed by atoms with Crippen molar-refractivity contribution in [3.63, 3.8) is 0 Å². The standard InChI is InChI=1S/C13H11ClN2O3/c14-10-3-1-7(5-11(10)15)16-13(19)9-6-8(17)2-4-12(9)18/h1-6,17-18H,15H2,(H,16,19). The van der Waals surface area contributed by atoms with Gasteiger partial charge in [0.25, 0.3) is 5.91 Å². The third-order valence-electron chi connectivity index (χ3n) is 2.48. The average molecular weight is 279 g/mol. The molecule has 0 aliphatic carbocycles. The number of carbonyl (C=O) groups is 1. The number of phenols is 2. The van der Waals surface area contributed by atoms with E-state index in [9.17, 15) is 15.0 Å². The highest BCUT2D eigenvalue weighted by Crippen LogP contribution is 2.25. The monoisotopic (exact) mass is 278 g/mol. The number of benzene rings is 2. The molecule has 0 saturated heterocycles. The molecule has 0 aliphatic heterocycles. The molecule has 0 atom stereocenters. The van der Waals surface area contributed by atoms with E-state index in [0.717, 1.165) is 0 Å². The fraction of sp³-hybridized carbons (Fsp3) is 0. The van der Waals surface area contributed by atoms with Gasteiger partial charge in [-0.15, -0.1) is 0 Å². The zero-order chi connectivity index (χ0) is 14.0. The van der Waals surface area contributed by atoms with Crippen LogP contribution in [0.3, 0.4) is 0 Å². The highest BCUT2D eigenvalue weighted by Gasteiger charge is 2.12. The Balaban J connectivity index is 2.25. The van der Waals surface area contributed by atoms with Gasteiger partial charge in [0.1, 0.15) is 11.5 Å². The van der Waals surface area contributed by atoms with Gasteiger partial charge < -0.3 is 21.3 Å². The minimum atomic E-state index is -0.560. The minimum Gasteiger partial charge on any atom is -0.508 e. The Labute approximate surface area is 114 Å². The SMILES string of the molecule is Nc1cc(NC(=O)c2cc(O)ccc2O)ccc1Cl. The van der Waals surface area contributed by atoms with Crippen LogP contribution < -0.4 is 11.1 Å². The molecule has 6 heteroatoms. The molecular weight excluding hydrogens is 268 g/mol. The molecule has 5 N–H and O–H groups in total. The van der Waals surface area contributed by atoms with Crippen molar-refractivity contribution < 1.29 is 15.0 Å². The summed E-state index contributed by atoms with van der Waals surface area (Å²) < 4.78 is 0. The van der Waals surface area contributed by atoms with Crippen LogP contribution in [0, 0.1) is 0 Å². The lowest BCUT2D eigenvalue weighted by Crippen LogP contribution is -2.12. The zero-order valence-electron chi connectivity index (χ0n) is 9.72. The third-order valence-corrected chi connectivity index (χ3v) is 2.82. The van der Waals surface area contributed by atoms with E-state index in [1.807, 2.05) is 0 Å². The molecule has 0 saturated carbocycles. The summed E-state index contributed by atoms with van der Waals surface area (Å²) in [7, 11) is 0. The number of nitrogens with two attached hydrogens (primary N) is 1. The molecule has 19 heavy (non-hydrogen) atoms. The summed E-state index contributed by atoms with van der Waals surface area (Å²) in [5.41, 5.74) is 6.36. The van der Waals surface area contributed by atoms with E-state index in [0.29, 0.717) is 16.4 Å². The molecule has 0 radical (unpaired) electrons. The van der Waals surface area contributed by atoms with Crippen LogP contribution in [-0.2, 0) is 0 Å². The normalized spacial score (nSPS) is 10.2. The third kappa shape index (κ3) is 2.89. The van der Waals surface area contributed by atoms with E-state index >= 15 is 0 Å². The van der Waals surface area contributed by atoms with Gasteiger partial charge in [-0.1, -0.05) is 11.6 Å². The second-order valence-electron chi connectivity index (χ2n) is 3.89. The number of carbonyl (C=O) groups excluding carboxylic acids is 1. The van der Waals surface area contributed by atoms with Gasteiger partial charge >= 0.3 is 0 Å². The smallest absolute Gasteiger partial charge is 0.259 e. The number of anilines is 2. The number of phenolic OH excluding ortho intramolecular Hbond substituents is 2. The first-order valence-electron chi connectivity index (χ1n) is 5.36. The summed E-state index contributed by atoms with van der Waals surface area (Å²) in [5.74, 6) is -0.897. The lowest BCUT2D eigenvalue weighted by Gasteiger charge is -2.08. The minimum absolute atomic E-state index is 0.0338. The second-order valence-corrected chi connectivity index (χ2v) is 4.30. The van der Waals surface area contributed by atoms with Gasteiger partial charge in [-0.05, 0) is 36.4 Å². The molecule has 0 aromatic heterocycles. The highest BCUT2D eigenvalue weighted by molar-refractivity contribution is 6.33. The lowest BCUT2D eigenvalue weighted by molar-refractivity contribution is 0.102. The maximum absolute atomic E-state index is 11.9. The van der Waals surface area contributed by atoms with E-state index < -0.39 is 5.91 Å². The summed E-state index contributed by atoms with van der Waals surface area (Å²) in [6.07, 6.45) is 0. The Morgan fingerprint density at radius 2 is 1.89 bits per heavy atom. The maximum Gasteiger partial charge on any atom is 0.259 e. The van der Waals surface area contributed by atoms with Gasteiger partial charge in [0.15, 0.2) is 0 Å². The van der Waals surface area contributed by atoms with E-state index in [1.54, 1.807) is 12.1 Å². The lowest BCUT2D eigenvalue weighted by atomic mass is 10.1. The number of rotatable bonds is 2. The van der Waals surface area contributed by atoms with Crippen molar-refractivity contribution in [3.8, 4) is 11.5 Å². The van der Waals surface area contributed by atoms with E-state index in [2.05, 4.69) is 5.32 Å². The molecule has 0 fully saturated rings. The molecule has 0 spiro atoms. The van der Waals surface area contributed by atoms with Gasteiger partial charge in [0.05, 0.1) is 16.3 Å². The Kier molecular flexibility index (Phi) is 3.48. The quantitative estimate of drug-likeness (QED) is 0.501. The molecule has 0 heterocycles. The number of hydrogen-bond donors (Lipinski definition) is 4. The van der Waals surface area contributed by atoms with Gasteiger partial charge in [0.2, 0.25) is 0 Å². The first kappa shape index (κ1) is 13.0. The van der Waals surface area contributed by atoms with Crippen LogP contribution in [0.5, 0.6) is 11.5 Å². The van der Waals surface area contributed by atoms with Gasteiger partial charge in [-0.25, -0.2) is 0 Å². The first-order valence-corrected chi connectivity index (χ1v) is 5.73. The Hall–Kier alpha value is -2.40. The molecule has 2 rings (SSSR count). The zero-order valence-corrected chi connectivity index (χ0v) is 10.5. The fourth-order valence-corrected chi connectivity index (χ4v) is 1.64. The van der Waals surface area contributed by atoms with Crippen LogP contribution >= 0.6 is 11.6 Å². The van der Waals surface area contributed by atoms with Crippen LogP contribution in [0.2, 0.25) is 5.02 Å². The number of hydrogen-bond acceptors (Lipinski definition) is 4. The molecule has 5 nitrogen and oxygen atoms in total. The fourth-order valence-electron chi connectivity index (χ4n) is 1.53. The van der Waals surface area contributed by atoms with Crippen LogP contribution in [0.25, 0.3) is 0 Å². The largest absolute Gasteiger partial charge is 0.508 e. The molecule has 2 aromatic carbocycles. The summed E-state index contributed by atoms with van der Waals surface area (Å²) >= 11 is 5.77. The summed E-state index contributed by atoms with van der Waals surface area (Å²) in [4.78, 5) is 11.9. The van der Waals surface area contributed by atoms with Gasteiger partial charge in [-0.3, -0.25) is 4.79 Å². The molecule has 0 bridgehead atoms. The number of amides is 1. The number of aromatic hydroxyl groups is 2. The van der Waals surface area contributed by atoms with Crippen molar-refractivity contribution >= 4 is 28.9 Å². The second kappa shape index (κ2) is 5.07. The predicted octanol–water partition coefficient (Wildman–Crippen LogP) is 2.59.